The van der Waals surface area contributed by atoms with Gasteiger partial charge in [-0.1, -0.05) is 24.3 Å². The van der Waals surface area contributed by atoms with E-state index in [1.165, 1.54) is 35.4 Å². The van der Waals surface area contributed by atoms with Gasteiger partial charge in [0.25, 0.3) is 5.91 Å². The molecule has 0 saturated heterocycles. The van der Waals surface area contributed by atoms with Gasteiger partial charge in [-0.05, 0) is 54.1 Å². The standard InChI is InChI=1S/C26H19F4N5O/c1-34-21-5-3-2-4-20(21)24(36)35(15-16-6-10-18(27)11-7-16)22-14-31-25(33-23(22)34)32-19-12-8-17(9-13-19)26(28,29)30/h2-14H,15H2,1H3,(H,31,32,33). The van der Waals surface area contributed by atoms with Crippen molar-refractivity contribution in [3.05, 3.63) is 102 Å². The van der Waals surface area contributed by atoms with Crippen molar-refractivity contribution in [1.29, 1.82) is 0 Å². The molecule has 1 amide bonds. The molecule has 0 radical (unpaired) electrons. The minimum Gasteiger partial charge on any atom is -0.327 e. The Hall–Kier alpha value is -4.47. The van der Waals surface area contributed by atoms with Gasteiger partial charge in [-0.3, -0.25) is 9.69 Å². The van der Waals surface area contributed by atoms with Crippen molar-refractivity contribution in [2.24, 2.45) is 0 Å². The number of benzene rings is 3. The van der Waals surface area contributed by atoms with Gasteiger partial charge in [-0.25, -0.2) is 9.37 Å². The van der Waals surface area contributed by atoms with E-state index in [0.717, 1.165) is 12.1 Å². The monoisotopic (exact) mass is 493 g/mol. The highest BCUT2D eigenvalue weighted by Crippen LogP contribution is 2.39. The highest BCUT2D eigenvalue weighted by atomic mass is 19.4. The molecule has 2 heterocycles. The van der Waals surface area contributed by atoms with E-state index in [0.29, 0.717) is 34.0 Å². The van der Waals surface area contributed by atoms with Gasteiger partial charge >= 0.3 is 6.18 Å². The molecule has 4 aromatic rings. The summed E-state index contributed by atoms with van der Waals surface area (Å²) >= 11 is 0. The number of nitrogens with one attached hydrogen (secondary N) is 1. The maximum Gasteiger partial charge on any atom is 0.416 e. The van der Waals surface area contributed by atoms with E-state index in [2.05, 4.69) is 15.3 Å². The zero-order valence-electron chi connectivity index (χ0n) is 18.9. The number of carbonyl (C=O) groups is 1. The normalized spacial score (nSPS) is 13.2. The summed E-state index contributed by atoms with van der Waals surface area (Å²) in [6, 6.07) is 17.5. The Morgan fingerprint density at radius 1 is 0.917 bits per heavy atom. The molecule has 5 rings (SSSR count). The first-order valence-electron chi connectivity index (χ1n) is 10.9. The lowest BCUT2D eigenvalue weighted by atomic mass is 10.1. The predicted molar refractivity (Wildman–Crippen MR) is 128 cm³/mol. The number of carbonyl (C=O) groups excluding carboxylic acids is 1. The van der Waals surface area contributed by atoms with Crippen molar-refractivity contribution in [1.82, 2.24) is 9.97 Å². The third kappa shape index (κ3) is 4.45. The number of hydrogen-bond acceptors (Lipinski definition) is 5. The third-order valence-corrected chi connectivity index (χ3v) is 5.82. The van der Waals surface area contributed by atoms with Gasteiger partial charge in [0, 0.05) is 12.7 Å². The van der Waals surface area contributed by atoms with Crippen LogP contribution in [0.25, 0.3) is 0 Å². The van der Waals surface area contributed by atoms with Crippen molar-refractivity contribution < 1.29 is 22.4 Å². The molecule has 6 nitrogen and oxygen atoms in total. The average Bonchev–Trinajstić information content (AvgIpc) is 2.95. The first-order chi connectivity index (χ1) is 17.2. The smallest absolute Gasteiger partial charge is 0.327 e. The minimum atomic E-state index is -4.43. The van der Waals surface area contributed by atoms with Gasteiger partial charge in [0.1, 0.15) is 11.5 Å². The molecular weight excluding hydrogens is 474 g/mol. The largest absolute Gasteiger partial charge is 0.416 e. The Morgan fingerprint density at radius 3 is 2.31 bits per heavy atom. The molecule has 10 heteroatoms. The third-order valence-electron chi connectivity index (χ3n) is 5.82. The Morgan fingerprint density at radius 2 is 1.61 bits per heavy atom. The second kappa shape index (κ2) is 8.95. The zero-order chi connectivity index (χ0) is 25.4. The van der Waals surface area contributed by atoms with Crippen LogP contribution in [0.2, 0.25) is 0 Å². The predicted octanol–water partition coefficient (Wildman–Crippen LogP) is 6.31. The quantitative estimate of drug-likeness (QED) is 0.338. The van der Waals surface area contributed by atoms with Crippen molar-refractivity contribution in [3.63, 3.8) is 0 Å². The van der Waals surface area contributed by atoms with Gasteiger partial charge in [0.2, 0.25) is 5.95 Å². The number of rotatable bonds is 4. The van der Waals surface area contributed by atoms with Crippen LogP contribution < -0.4 is 15.1 Å². The molecule has 1 N–H and O–H groups in total. The average molecular weight is 493 g/mol. The van der Waals surface area contributed by atoms with Crippen LogP contribution in [0.4, 0.5) is 46.4 Å². The Kier molecular flexibility index (Phi) is 5.79. The molecule has 1 aromatic heterocycles. The van der Waals surface area contributed by atoms with E-state index < -0.39 is 11.7 Å². The number of alkyl halides is 3. The van der Waals surface area contributed by atoms with Crippen molar-refractivity contribution in [2.45, 2.75) is 12.7 Å². The van der Waals surface area contributed by atoms with E-state index in [9.17, 15) is 22.4 Å². The Bertz CT molecular complexity index is 1420. The molecule has 182 valence electrons. The van der Waals surface area contributed by atoms with Crippen LogP contribution in [0.15, 0.2) is 79.0 Å². The first-order valence-corrected chi connectivity index (χ1v) is 10.9. The fourth-order valence-corrected chi connectivity index (χ4v) is 3.98. The van der Waals surface area contributed by atoms with Gasteiger partial charge in [-0.15, -0.1) is 0 Å². The van der Waals surface area contributed by atoms with E-state index >= 15 is 0 Å². The van der Waals surface area contributed by atoms with E-state index in [1.54, 1.807) is 48.3 Å². The minimum absolute atomic E-state index is 0.147. The molecule has 0 bridgehead atoms. The van der Waals surface area contributed by atoms with Gasteiger partial charge in [0.15, 0.2) is 5.82 Å². The molecule has 0 unspecified atom stereocenters. The van der Waals surface area contributed by atoms with E-state index in [4.69, 9.17) is 0 Å². The van der Waals surface area contributed by atoms with Crippen LogP contribution in [0.5, 0.6) is 0 Å². The zero-order valence-corrected chi connectivity index (χ0v) is 18.9. The van der Waals surface area contributed by atoms with Crippen LogP contribution in [-0.2, 0) is 12.7 Å². The number of halogens is 4. The summed E-state index contributed by atoms with van der Waals surface area (Å²) in [4.78, 5) is 25.7. The van der Waals surface area contributed by atoms with Crippen molar-refractivity contribution in [3.8, 4) is 0 Å². The molecule has 0 saturated carbocycles. The second-order valence-corrected chi connectivity index (χ2v) is 8.20. The Balaban J connectivity index is 1.54. The summed E-state index contributed by atoms with van der Waals surface area (Å²) in [5.74, 6) is -0.0879. The van der Waals surface area contributed by atoms with Gasteiger partial charge in [0.05, 0.1) is 29.6 Å². The number of aromatic nitrogens is 2. The number of hydrogen-bond donors (Lipinski definition) is 1. The van der Waals surface area contributed by atoms with Crippen LogP contribution in [0, 0.1) is 5.82 Å². The summed E-state index contributed by atoms with van der Waals surface area (Å²) in [6.07, 6.45) is -2.95. The Labute approximate surface area is 203 Å². The van der Waals surface area contributed by atoms with Crippen molar-refractivity contribution in [2.75, 3.05) is 22.2 Å². The van der Waals surface area contributed by atoms with Crippen LogP contribution in [0.3, 0.4) is 0 Å². The molecule has 0 spiro atoms. The van der Waals surface area contributed by atoms with Crippen LogP contribution >= 0.6 is 0 Å². The summed E-state index contributed by atoms with van der Waals surface area (Å²) in [5.41, 5.74) is 1.84. The topological polar surface area (TPSA) is 61.4 Å². The summed E-state index contributed by atoms with van der Waals surface area (Å²) in [6.45, 7) is 0.156. The number of para-hydroxylation sites is 1. The molecule has 0 fully saturated rings. The number of nitrogens with zero attached hydrogens (tertiary/aromatic N) is 4. The summed E-state index contributed by atoms with van der Waals surface area (Å²) in [7, 11) is 1.77. The molecule has 1 aliphatic rings. The summed E-state index contributed by atoms with van der Waals surface area (Å²) < 4.78 is 52.1. The number of fused-ring (bicyclic) bond motifs is 2. The van der Waals surface area contributed by atoms with Crippen LogP contribution in [-0.4, -0.2) is 22.9 Å². The van der Waals surface area contributed by atoms with E-state index in [-0.39, 0.29) is 24.2 Å². The highest BCUT2D eigenvalue weighted by molar-refractivity contribution is 6.13. The lowest BCUT2D eigenvalue weighted by Crippen LogP contribution is -2.30. The fourth-order valence-electron chi connectivity index (χ4n) is 3.98. The molecule has 0 atom stereocenters. The lowest BCUT2D eigenvalue weighted by molar-refractivity contribution is -0.137. The fraction of sp³-hybridized carbons (Fsp3) is 0.115. The van der Waals surface area contributed by atoms with Crippen molar-refractivity contribution >= 4 is 34.7 Å². The van der Waals surface area contributed by atoms with E-state index in [1.807, 2.05) is 0 Å². The molecule has 3 aromatic carbocycles. The maximum atomic E-state index is 13.6. The van der Waals surface area contributed by atoms with Gasteiger partial charge in [-0.2, -0.15) is 18.2 Å². The number of anilines is 5. The lowest BCUT2D eigenvalue weighted by Gasteiger charge is -2.24. The number of amides is 1. The second-order valence-electron chi connectivity index (χ2n) is 8.20. The summed E-state index contributed by atoms with van der Waals surface area (Å²) in [5, 5.41) is 2.92. The maximum absolute atomic E-state index is 13.6. The van der Waals surface area contributed by atoms with Crippen LogP contribution in [0.1, 0.15) is 21.5 Å². The molecular formula is C26H19F4N5O. The SMILES string of the molecule is CN1c2ccccc2C(=O)N(Cc2ccc(F)cc2)c2cnc(Nc3ccc(C(F)(F)F)cc3)nc21. The van der Waals surface area contributed by atoms with Gasteiger partial charge < -0.3 is 10.2 Å². The first kappa shape index (κ1) is 23.3. The molecule has 36 heavy (non-hydrogen) atoms. The molecule has 1 aliphatic heterocycles. The molecule has 0 aliphatic carbocycles. The highest BCUT2D eigenvalue weighted by Gasteiger charge is 2.32.